The summed E-state index contributed by atoms with van der Waals surface area (Å²) >= 11 is 12.7. The summed E-state index contributed by atoms with van der Waals surface area (Å²) in [6, 6.07) is 10.7. The van der Waals surface area contributed by atoms with E-state index in [4.69, 9.17) is 23.2 Å². The smallest absolute Gasteiger partial charge is 0.210 e. The van der Waals surface area contributed by atoms with Crippen molar-refractivity contribution >= 4 is 44.6 Å². The average molecular weight is 362 g/mol. The molecule has 1 aromatic heterocycles. The molecule has 0 saturated heterocycles. The first-order valence-corrected chi connectivity index (χ1v) is 9.48. The number of sulfonamides is 1. The summed E-state index contributed by atoms with van der Waals surface area (Å²) in [5, 5.41) is 0.684. The molecular formula is C14H13Cl2NO2S2. The Kier molecular flexibility index (Phi) is 4.05. The summed E-state index contributed by atoms with van der Waals surface area (Å²) in [4.78, 5) is 0. The molecule has 1 heterocycles. The Hall–Kier alpha value is -0.590. The summed E-state index contributed by atoms with van der Waals surface area (Å²) < 4.78 is 27.9. The van der Waals surface area contributed by atoms with Gasteiger partial charge in [0.25, 0.3) is 0 Å². The van der Waals surface area contributed by atoms with Gasteiger partial charge in [0.15, 0.2) is 0 Å². The van der Waals surface area contributed by atoms with Gasteiger partial charge in [-0.15, -0.1) is 11.3 Å². The van der Waals surface area contributed by atoms with Crippen LogP contribution in [0.5, 0.6) is 0 Å². The zero-order valence-corrected chi connectivity index (χ0v) is 14.1. The summed E-state index contributed by atoms with van der Waals surface area (Å²) in [6.07, 6.45) is 1.95. The Morgan fingerprint density at radius 1 is 1.10 bits per heavy atom. The third-order valence-corrected chi connectivity index (χ3v) is 7.10. The number of benzene rings is 1. The molecule has 7 heteroatoms. The standard InChI is InChI=1S/C14H13Cl2NO2S2/c15-11-3-1-10(2-4-11)14(7-8-14)9-17-21(18,19)13-6-5-12(16)20-13/h1-6,17H,7-9H2. The third kappa shape index (κ3) is 3.27. The molecule has 112 valence electrons. The maximum atomic E-state index is 12.2. The summed E-state index contributed by atoms with van der Waals surface area (Å²) in [7, 11) is -3.49. The molecule has 0 bridgehead atoms. The lowest BCUT2D eigenvalue weighted by atomic mass is 9.96. The van der Waals surface area contributed by atoms with Gasteiger partial charge in [0.1, 0.15) is 4.21 Å². The number of halogens is 2. The number of nitrogens with one attached hydrogen (secondary N) is 1. The second-order valence-corrected chi connectivity index (χ2v) is 9.32. The van der Waals surface area contributed by atoms with Crippen LogP contribution in [0.4, 0.5) is 0 Å². The molecule has 2 aromatic rings. The Morgan fingerprint density at radius 3 is 2.29 bits per heavy atom. The van der Waals surface area contributed by atoms with Gasteiger partial charge in [-0.05, 0) is 42.7 Å². The zero-order chi connectivity index (χ0) is 15.1. The van der Waals surface area contributed by atoms with E-state index in [1.165, 1.54) is 6.07 Å². The van der Waals surface area contributed by atoms with Gasteiger partial charge in [-0.3, -0.25) is 0 Å². The van der Waals surface area contributed by atoms with E-state index >= 15 is 0 Å². The van der Waals surface area contributed by atoms with E-state index < -0.39 is 10.0 Å². The average Bonchev–Trinajstić information content (AvgIpc) is 3.11. The molecule has 1 aromatic carbocycles. The van der Waals surface area contributed by atoms with Gasteiger partial charge in [-0.2, -0.15) is 0 Å². The molecule has 1 N–H and O–H groups in total. The van der Waals surface area contributed by atoms with Crippen LogP contribution < -0.4 is 4.72 Å². The van der Waals surface area contributed by atoms with Crippen LogP contribution in [-0.2, 0) is 15.4 Å². The van der Waals surface area contributed by atoms with Crippen molar-refractivity contribution in [3.8, 4) is 0 Å². The second-order valence-electron chi connectivity index (χ2n) is 5.17. The molecule has 1 saturated carbocycles. The predicted octanol–water partition coefficient (Wildman–Crippen LogP) is 4.07. The molecule has 0 radical (unpaired) electrons. The van der Waals surface area contributed by atoms with Crippen molar-refractivity contribution in [2.45, 2.75) is 22.5 Å². The maximum absolute atomic E-state index is 12.2. The normalized spacial score (nSPS) is 16.9. The van der Waals surface area contributed by atoms with Gasteiger partial charge >= 0.3 is 0 Å². The molecule has 1 aliphatic carbocycles. The van der Waals surface area contributed by atoms with Crippen molar-refractivity contribution in [2.75, 3.05) is 6.54 Å². The molecule has 0 unspecified atom stereocenters. The number of hydrogen-bond acceptors (Lipinski definition) is 3. The van der Waals surface area contributed by atoms with E-state index in [9.17, 15) is 8.42 Å². The Labute approximate surface area is 137 Å². The van der Waals surface area contributed by atoms with Crippen LogP contribution >= 0.6 is 34.5 Å². The summed E-state index contributed by atoms with van der Waals surface area (Å²) in [6.45, 7) is 0.395. The van der Waals surface area contributed by atoms with Crippen LogP contribution in [0.2, 0.25) is 9.36 Å². The van der Waals surface area contributed by atoms with Crippen LogP contribution in [0.15, 0.2) is 40.6 Å². The monoisotopic (exact) mass is 361 g/mol. The van der Waals surface area contributed by atoms with Gasteiger partial charge in [0.2, 0.25) is 10.0 Å². The van der Waals surface area contributed by atoms with Crippen molar-refractivity contribution in [2.24, 2.45) is 0 Å². The Bertz CT molecular complexity index is 750. The molecule has 1 fully saturated rings. The van der Waals surface area contributed by atoms with Crippen LogP contribution in [0.3, 0.4) is 0 Å². The fraction of sp³-hybridized carbons (Fsp3) is 0.286. The van der Waals surface area contributed by atoms with E-state index in [0.717, 1.165) is 29.7 Å². The van der Waals surface area contributed by atoms with E-state index in [1.807, 2.05) is 24.3 Å². The minimum absolute atomic E-state index is 0.0985. The number of hydrogen-bond donors (Lipinski definition) is 1. The first kappa shape index (κ1) is 15.3. The first-order valence-electron chi connectivity index (χ1n) is 6.42. The van der Waals surface area contributed by atoms with Gasteiger partial charge in [0, 0.05) is 17.0 Å². The zero-order valence-electron chi connectivity index (χ0n) is 11.0. The molecule has 0 atom stereocenters. The van der Waals surface area contributed by atoms with Crippen molar-refractivity contribution in [3.63, 3.8) is 0 Å². The highest BCUT2D eigenvalue weighted by Crippen LogP contribution is 2.48. The van der Waals surface area contributed by atoms with Crippen molar-refractivity contribution in [1.29, 1.82) is 0 Å². The molecule has 0 aliphatic heterocycles. The minimum Gasteiger partial charge on any atom is -0.210 e. The van der Waals surface area contributed by atoms with Gasteiger partial charge in [-0.1, -0.05) is 35.3 Å². The minimum atomic E-state index is -3.49. The van der Waals surface area contributed by atoms with Crippen molar-refractivity contribution < 1.29 is 8.42 Å². The van der Waals surface area contributed by atoms with Crippen molar-refractivity contribution in [3.05, 3.63) is 51.3 Å². The fourth-order valence-electron chi connectivity index (χ4n) is 2.27. The van der Waals surface area contributed by atoms with E-state index in [1.54, 1.807) is 6.07 Å². The number of thiophene rings is 1. The highest BCUT2D eigenvalue weighted by molar-refractivity contribution is 7.91. The third-order valence-electron chi connectivity index (χ3n) is 3.72. The summed E-state index contributed by atoms with van der Waals surface area (Å²) in [5.74, 6) is 0. The van der Waals surface area contributed by atoms with Crippen molar-refractivity contribution in [1.82, 2.24) is 4.72 Å². The number of rotatable bonds is 5. The lowest BCUT2D eigenvalue weighted by Gasteiger charge is -2.16. The molecule has 0 amide bonds. The van der Waals surface area contributed by atoms with Gasteiger partial charge in [0.05, 0.1) is 4.34 Å². The van der Waals surface area contributed by atoms with E-state index in [0.29, 0.717) is 15.9 Å². The highest BCUT2D eigenvalue weighted by atomic mass is 35.5. The molecule has 21 heavy (non-hydrogen) atoms. The molecule has 0 spiro atoms. The molecule has 3 rings (SSSR count). The van der Waals surface area contributed by atoms with Crippen LogP contribution in [0.1, 0.15) is 18.4 Å². The van der Waals surface area contributed by atoms with Crippen LogP contribution in [0.25, 0.3) is 0 Å². The molecular weight excluding hydrogens is 349 g/mol. The maximum Gasteiger partial charge on any atom is 0.250 e. The Balaban J connectivity index is 1.74. The lowest BCUT2D eigenvalue weighted by molar-refractivity contribution is 0.569. The predicted molar refractivity (Wildman–Crippen MR) is 86.9 cm³/mol. The first-order chi connectivity index (χ1) is 9.91. The fourth-order valence-corrected chi connectivity index (χ4v) is 5.05. The largest absolute Gasteiger partial charge is 0.250 e. The molecule has 3 nitrogen and oxygen atoms in total. The lowest BCUT2D eigenvalue weighted by Crippen LogP contribution is -2.31. The summed E-state index contributed by atoms with van der Waals surface area (Å²) in [5.41, 5.74) is 1.03. The second kappa shape index (κ2) is 5.56. The Morgan fingerprint density at radius 2 is 1.76 bits per heavy atom. The SMILES string of the molecule is O=S(=O)(NCC1(c2ccc(Cl)cc2)CC1)c1ccc(Cl)s1. The highest BCUT2D eigenvalue weighted by Gasteiger charge is 2.44. The van der Waals surface area contributed by atoms with E-state index in [2.05, 4.69) is 4.72 Å². The van der Waals surface area contributed by atoms with Gasteiger partial charge in [-0.25, -0.2) is 13.1 Å². The van der Waals surface area contributed by atoms with Gasteiger partial charge < -0.3 is 0 Å². The molecule has 1 aliphatic rings. The topological polar surface area (TPSA) is 46.2 Å². The van der Waals surface area contributed by atoms with Crippen LogP contribution in [0, 0.1) is 0 Å². The van der Waals surface area contributed by atoms with Crippen LogP contribution in [-0.4, -0.2) is 15.0 Å². The van der Waals surface area contributed by atoms with E-state index in [-0.39, 0.29) is 9.62 Å². The quantitative estimate of drug-likeness (QED) is 0.872.